The fourth-order valence-electron chi connectivity index (χ4n) is 12.2. The Morgan fingerprint density at radius 1 is 0.276 bits per heavy atom. The lowest BCUT2D eigenvalue weighted by atomic mass is 10.0. The van der Waals surface area contributed by atoms with Gasteiger partial charge in [0.15, 0.2) is 12.2 Å². The zero-order valence-corrected chi connectivity index (χ0v) is 65.9. The first-order chi connectivity index (χ1) is 47.4. The average Bonchev–Trinajstić information content (AvgIpc) is 1.35. The van der Waals surface area contributed by atoms with Crippen LogP contribution in [0.2, 0.25) is 0 Å². The molecule has 0 rings (SSSR count). The van der Waals surface area contributed by atoms with Gasteiger partial charge in [0, 0.05) is 25.7 Å². The Morgan fingerprint density at radius 2 is 0.469 bits per heavy atom. The van der Waals surface area contributed by atoms with Crippen LogP contribution in [0.3, 0.4) is 0 Å². The molecule has 0 bridgehead atoms. The van der Waals surface area contributed by atoms with Crippen molar-refractivity contribution in [1.82, 2.24) is 0 Å². The molecule has 3 N–H and O–H groups in total. The zero-order valence-electron chi connectivity index (χ0n) is 64.1. The molecule has 0 heterocycles. The van der Waals surface area contributed by atoms with E-state index in [4.69, 9.17) is 37.0 Å². The third-order valence-electron chi connectivity index (χ3n) is 18.5. The number of hydrogen-bond acceptors (Lipinski definition) is 15. The van der Waals surface area contributed by atoms with Gasteiger partial charge < -0.3 is 33.8 Å². The molecule has 5 atom stereocenters. The molecule has 0 saturated heterocycles. The third kappa shape index (κ3) is 72.4. The number of carbonyl (C=O) groups is 4. The Bertz CT molecular complexity index is 1890. The summed E-state index contributed by atoms with van der Waals surface area (Å²) in [6.07, 6.45) is 59.6. The largest absolute Gasteiger partial charge is 0.472 e. The molecule has 0 aromatic heterocycles. The first kappa shape index (κ1) is 96.1. The van der Waals surface area contributed by atoms with Gasteiger partial charge in [-0.25, -0.2) is 9.13 Å². The van der Waals surface area contributed by atoms with Gasteiger partial charge in [-0.1, -0.05) is 363 Å². The molecule has 0 aromatic carbocycles. The summed E-state index contributed by atoms with van der Waals surface area (Å²) in [6.45, 7) is 9.62. The fourth-order valence-corrected chi connectivity index (χ4v) is 13.8. The highest BCUT2D eigenvalue weighted by Gasteiger charge is 2.30. The number of phosphoric ester groups is 2. The highest BCUT2D eigenvalue weighted by molar-refractivity contribution is 7.47. The van der Waals surface area contributed by atoms with Crippen molar-refractivity contribution in [1.29, 1.82) is 0 Å². The molecule has 0 saturated carbocycles. The average molecular weight is 1440 g/mol. The van der Waals surface area contributed by atoms with Crippen molar-refractivity contribution >= 4 is 39.5 Å². The minimum Gasteiger partial charge on any atom is -0.462 e. The van der Waals surface area contributed by atoms with Crippen molar-refractivity contribution in [3.8, 4) is 0 Å². The summed E-state index contributed by atoms with van der Waals surface area (Å²) in [6, 6.07) is 0. The summed E-state index contributed by atoms with van der Waals surface area (Å²) in [4.78, 5) is 73.0. The van der Waals surface area contributed by atoms with Crippen LogP contribution in [0.5, 0.6) is 0 Å². The Morgan fingerprint density at radius 3 is 0.694 bits per heavy atom. The zero-order chi connectivity index (χ0) is 72.1. The second kappa shape index (κ2) is 70.7. The molecule has 582 valence electrons. The topological polar surface area (TPSA) is 237 Å². The number of hydrogen-bond donors (Lipinski definition) is 3. The van der Waals surface area contributed by atoms with Gasteiger partial charge in [0.1, 0.15) is 19.3 Å². The molecule has 0 aliphatic carbocycles. The minimum atomic E-state index is -4.96. The number of phosphoric acid groups is 2. The Labute approximate surface area is 600 Å². The minimum absolute atomic E-state index is 0.107. The fraction of sp³-hybridized carbons (Fsp3) is 0.949. The van der Waals surface area contributed by atoms with Crippen LogP contribution in [-0.2, 0) is 65.4 Å². The van der Waals surface area contributed by atoms with Gasteiger partial charge in [-0.3, -0.25) is 37.3 Å². The summed E-state index contributed by atoms with van der Waals surface area (Å²) < 4.78 is 68.7. The Kier molecular flexibility index (Phi) is 69.3. The molecule has 2 unspecified atom stereocenters. The van der Waals surface area contributed by atoms with Gasteiger partial charge in [0.05, 0.1) is 26.4 Å². The monoisotopic (exact) mass is 1440 g/mol. The number of esters is 4. The summed E-state index contributed by atoms with van der Waals surface area (Å²) in [5.74, 6) is -0.588. The quantitative estimate of drug-likeness (QED) is 0.0222. The second-order valence-corrected chi connectivity index (χ2v) is 32.3. The second-order valence-electron chi connectivity index (χ2n) is 29.4. The van der Waals surface area contributed by atoms with Crippen LogP contribution < -0.4 is 0 Å². The molecule has 98 heavy (non-hydrogen) atoms. The van der Waals surface area contributed by atoms with Gasteiger partial charge in [-0.2, -0.15) is 0 Å². The van der Waals surface area contributed by atoms with E-state index in [1.165, 1.54) is 231 Å². The van der Waals surface area contributed by atoms with Gasteiger partial charge in [-0.05, 0) is 37.5 Å². The highest BCUT2D eigenvalue weighted by Crippen LogP contribution is 2.45. The van der Waals surface area contributed by atoms with E-state index in [1.54, 1.807) is 0 Å². The molecule has 0 aliphatic heterocycles. The molecule has 17 nitrogen and oxygen atoms in total. The lowest BCUT2D eigenvalue weighted by molar-refractivity contribution is -0.161. The van der Waals surface area contributed by atoms with Crippen molar-refractivity contribution in [2.75, 3.05) is 39.6 Å². The SMILES string of the molecule is CCCCCCCCCCCCCCCCCCC(=O)OC[C@H](COP(=O)(O)OC[C@@H](O)COP(=O)(O)OC[C@@H](COC(=O)CCCCCCCCCCC(C)C)OC(=O)CCCCCCCCCCCCCCCC)OC(=O)CCCCCCCCCCCCCCCCC(C)C. The van der Waals surface area contributed by atoms with E-state index >= 15 is 0 Å². The smallest absolute Gasteiger partial charge is 0.462 e. The van der Waals surface area contributed by atoms with E-state index in [0.29, 0.717) is 25.7 Å². The summed E-state index contributed by atoms with van der Waals surface area (Å²) >= 11 is 0. The Balaban J connectivity index is 5.26. The van der Waals surface area contributed by atoms with Crippen LogP contribution in [0.25, 0.3) is 0 Å². The van der Waals surface area contributed by atoms with Crippen molar-refractivity contribution in [2.45, 2.75) is 432 Å². The van der Waals surface area contributed by atoms with E-state index in [9.17, 15) is 43.2 Å². The van der Waals surface area contributed by atoms with Gasteiger partial charge in [-0.15, -0.1) is 0 Å². The number of aliphatic hydroxyl groups excluding tert-OH is 1. The van der Waals surface area contributed by atoms with Crippen molar-refractivity contribution < 1.29 is 80.2 Å². The molecule has 0 amide bonds. The van der Waals surface area contributed by atoms with Crippen molar-refractivity contribution in [3.63, 3.8) is 0 Å². The number of aliphatic hydroxyl groups is 1. The van der Waals surface area contributed by atoms with E-state index in [2.05, 4.69) is 41.5 Å². The molecular weight excluding hydrogens is 1280 g/mol. The summed E-state index contributed by atoms with van der Waals surface area (Å²) in [7, 11) is -9.92. The van der Waals surface area contributed by atoms with E-state index < -0.39 is 97.5 Å². The maximum Gasteiger partial charge on any atom is 0.472 e. The van der Waals surface area contributed by atoms with Crippen LogP contribution in [0.4, 0.5) is 0 Å². The lowest BCUT2D eigenvalue weighted by Crippen LogP contribution is -2.30. The van der Waals surface area contributed by atoms with Crippen molar-refractivity contribution in [3.05, 3.63) is 0 Å². The number of carbonyl (C=O) groups excluding carboxylic acids is 4. The van der Waals surface area contributed by atoms with Crippen LogP contribution in [0, 0.1) is 11.8 Å². The number of rotatable bonds is 78. The normalized spacial score (nSPS) is 13.9. The predicted octanol–water partition coefficient (Wildman–Crippen LogP) is 23.5. The lowest BCUT2D eigenvalue weighted by Gasteiger charge is -2.21. The number of unbranched alkanes of at least 4 members (excludes halogenated alkanes) is 48. The predicted molar refractivity (Wildman–Crippen MR) is 400 cm³/mol. The van der Waals surface area contributed by atoms with Gasteiger partial charge in [0.2, 0.25) is 0 Å². The third-order valence-corrected chi connectivity index (χ3v) is 20.4. The molecule has 19 heteroatoms. The van der Waals surface area contributed by atoms with Gasteiger partial charge in [0.25, 0.3) is 0 Å². The molecule has 0 fully saturated rings. The standard InChI is InChI=1S/C79H154O17P2/c1-7-9-11-13-15-17-19-21-23-24-29-32-36-43-49-55-61-76(81)89-67-74(95-79(84)64-58-52-46-38-34-30-26-25-27-31-35-41-47-53-59-71(3)4)69-93-97(85,86)91-65-73(80)66-92-98(87,88)94-70-75(68-90-77(82)62-56-50-44-40-39-42-48-54-60-72(5)6)96-78(83)63-57-51-45-37-33-28-22-20-18-16-14-12-10-8-2/h71-75,80H,7-70H2,1-6H3,(H,85,86)(H,87,88)/t73-,74-,75-/m1/s1. The van der Waals surface area contributed by atoms with Crippen LogP contribution >= 0.6 is 15.6 Å². The summed E-state index contributed by atoms with van der Waals surface area (Å²) in [5, 5.41) is 10.6. The van der Waals surface area contributed by atoms with E-state index in [-0.39, 0.29) is 25.7 Å². The van der Waals surface area contributed by atoms with Crippen LogP contribution in [0.1, 0.15) is 414 Å². The van der Waals surface area contributed by atoms with E-state index in [1.807, 2.05) is 0 Å². The first-order valence-electron chi connectivity index (χ1n) is 41.0. The van der Waals surface area contributed by atoms with Crippen LogP contribution in [-0.4, -0.2) is 96.7 Å². The highest BCUT2D eigenvalue weighted by atomic mass is 31.2. The van der Waals surface area contributed by atoms with E-state index in [0.717, 1.165) is 102 Å². The van der Waals surface area contributed by atoms with Gasteiger partial charge >= 0.3 is 39.5 Å². The molecule has 0 radical (unpaired) electrons. The number of ether oxygens (including phenoxy) is 4. The molecular formula is C79H154O17P2. The van der Waals surface area contributed by atoms with Crippen molar-refractivity contribution in [2.24, 2.45) is 11.8 Å². The maximum atomic E-state index is 13.1. The molecule has 0 aromatic rings. The Hall–Kier alpha value is -1.94. The molecule has 0 aliphatic rings. The first-order valence-corrected chi connectivity index (χ1v) is 44.0. The maximum absolute atomic E-state index is 13.1. The summed E-state index contributed by atoms with van der Waals surface area (Å²) in [5.41, 5.74) is 0. The van der Waals surface area contributed by atoms with Crippen LogP contribution in [0.15, 0.2) is 0 Å². The molecule has 0 spiro atoms.